The summed E-state index contributed by atoms with van der Waals surface area (Å²) in [6.45, 7) is 4.73. The van der Waals surface area contributed by atoms with Gasteiger partial charge in [0.05, 0.1) is 11.6 Å². The predicted octanol–water partition coefficient (Wildman–Crippen LogP) is 1.84. The molecule has 0 aliphatic heterocycles. The molecule has 0 fully saturated rings. The first-order valence-electron chi connectivity index (χ1n) is 6.55. The zero-order chi connectivity index (χ0) is 13.5. The fourth-order valence-corrected chi connectivity index (χ4v) is 1.85. The minimum atomic E-state index is -0.762. The Hall–Kier alpha value is -1.36. The first kappa shape index (κ1) is 14.7. The number of carboxylic acids is 1. The van der Waals surface area contributed by atoms with Gasteiger partial charge in [0.2, 0.25) is 0 Å². The summed E-state index contributed by atoms with van der Waals surface area (Å²) in [6.07, 6.45) is 4.77. The van der Waals surface area contributed by atoms with Gasteiger partial charge in [0.25, 0.3) is 0 Å². The lowest BCUT2D eigenvalue weighted by atomic mass is 9.98. The van der Waals surface area contributed by atoms with Gasteiger partial charge in [0.1, 0.15) is 0 Å². The van der Waals surface area contributed by atoms with E-state index in [-0.39, 0.29) is 5.92 Å². The molecule has 5 heteroatoms. The van der Waals surface area contributed by atoms with Crippen LogP contribution in [0.4, 0.5) is 0 Å². The minimum Gasteiger partial charge on any atom is -0.481 e. The van der Waals surface area contributed by atoms with Crippen LogP contribution in [-0.4, -0.2) is 27.4 Å². The molecule has 0 saturated heterocycles. The predicted molar refractivity (Wildman–Crippen MR) is 70.3 cm³/mol. The van der Waals surface area contributed by atoms with Crippen molar-refractivity contribution in [3.8, 4) is 0 Å². The highest BCUT2D eigenvalue weighted by Crippen LogP contribution is 2.15. The first-order chi connectivity index (χ1) is 8.58. The Morgan fingerprint density at radius 2 is 2.33 bits per heavy atom. The lowest BCUT2D eigenvalue weighted by molar-refractivity contribution is -0.142. The second kappa shape index (κ2) is 7.16. The van der Waals surface area contributed by atoms with Gasteiger partial charge in [0.15, 0.2) is 0 Å². The summed E-state index contributed by atoms with van der Waals surface area (Å²) in [5.41, 5.74) is 6.27. The molecule has 0 aliphatic rings. The standard InChI is InChI=1S/C13H23N3O2/c1-3-10(2)16-8-6-12(15-16)9-11(13(17)18)5-4-7-14/h6,8,10-11H,3-5,7,9,14H2,1-2H3,(H,17,18). The number of hydrogen-bond acceptors (Lipinski definition) is 3. The van der Waals surface area contributed by atoms with Crippen molar-refractivity contribution in [1.29, 1.82) is 0 Å². The maximum Gasteiger partial charge on any atom is 0.306 e. The topological polar surface area (TPSA) is 81.1 Å². The minimum absolute atomic E-state index is 0.353. The lowest BCUT2D eigenvalue weighted by Crippen LogP contribution is -2.18. The molecule has 0 aliphatic carbocycles. The van der Waals surface area contributed by atoms with Crippen LogP contribution in [0.2, 0.25) is 0 Å². The average Bonchev–Trinajstić information content (AvgIpc) is 2.81. The van der Waals surface area contributed by atoms with Gasteiger partial charge in [-0.15, -0.1) is 0 Å². The van der Waals surface area contributed by atoms with Crippen molar-refractivity contribution in [2.45, 2.75) is 45.6 Å². The molecule has 1 aromatic rings. The zero-order valence-electron chi connectivity index (χ0n) is 11.2. The number of hydrogen-bond donors (Lipinski definition) is 2. The SMILES string of the molecule is CCC(C)n1ccc(CC(CCCN)C(=O)O)n1. The highest BCUT2D eigenvalue weighted by atomic mass is 16.4. The number of rotatable bonds is 8. The van der Waals surface area contributed by atoms with Gasteiger partial charge in [0, 0.05) is 18.7 Å². The van der Waals surface area contributed by atoms with Crippen molar-refractivity contribution >= 4 is 5.97 Å². The average molecular weight is 253 g/mol. The molecule has 1 heterocycles. The highest BCUT2D eigenvalue weighted by Gasteiger charge is 2.19. The molecule has 2 atom stereocenters. The Labute approximate surface area is 108 Å². The Kier molecular flexibility index (Phi) is 5.85. The zero-order valence-corrected chi connectivity index (χ0v) is 11.2. The molecule has 18 heavy (non-hydrogen) atoms. The fraction of sp³-hybridized carbons (Fsp3) is 0.692. The maximum absolute atomic E-state index is 11.1. The van der Waals surface area contributed by atoms with Gasteiger partial charge in [-0.2, -0.15) is 5.10 Å². The number of aliphatic carboxylic acids is 1. The Morgan fingerprint density at radius 1 is 1.61 bits per heavy atom. The molecule has 5 nitrogen and oxygen atoms in total. The van der Waals surface area contributed by atoms with Crippen molar-refractivity contribution in [3.05, 3.63) is 18.0 Å². The lowest BCUT2D eigenvalue weighted by Gasteiger charge is -2.11. The van der Waals surface area contributed by atoms with E-state index in [2.05, 4.69) is 18.9 Å². The van der Waals surface area contributed by atoms with E-state index in [1.54, 1.807) is 0 Å². The van der Waals surface area contributed by atoms with Crippen molar-refractivity contribution in [2.24, 2.45) is 11.7 Å². The van der Waals surface area contributed by atoms with Gasteiger partial charge < -0.3 is 10.8 Å². The molecule has 0 bridgehead atoms. The molecule has 0 radical (unpaired) electrons. The smallest absolute Gasteiger partial charge is 0.306 e. The van der Waals surface area contributed by atoms with E-state index in [0.29, 0.717) is 25.4 Å². The summed E-state index contributed by atoms with van der Waals surface area (Å²) in [5.74, 6) is -1.14. The molecule has 0 saturated carbocycles. The van der Waals surface area contributed by atoms with Gasteiger partial charge in [-0.05, 0) is 38.8 Å². The number of carboxylic acid groups (broad SMARTS) is 1. The maximum atomic E-state index is 11.1. The Morgan fingerprint density at radius 3 is 2.89 bits per heavy atom. The molecule has 3 N–H and O–H groups in total. The molecule has 0 spiro atoms. The van der Waals surface area contributed by atoms with Crippen LogP contribution < -0.4 is 5.73 Å². The molecule has 0 aromatic carbocycles. The van der Waals surface area contributed by atoms with E-state index < -0.39 is 5.97 Å². The van der Waals surface area contributed by atoms with Crippen LogP contribution >= 0.6 is 0 Å². The van der Waals surface area contributed by atoms with Crippen LogP contribution in [0.5, 0.6) is 0 Å². The molecule has 102 valence electrons. The van der Waals surface area contributed by atoms with E-state index >= 15 is 0 Å². The Balaban J connectivity index is 2.63. The summed E-state index contributed by atoms with van der Waals surface area (Å²) in [4.78, 5) is 11.1. The highest BCUT2D eigenvalue weighted by molar-refractivity contribution is 5.70. The van der Waals surface area contributed by atoms with Crippen LogP contribution in [0.1, 0.15) is 44.8 Å². The number of nitrogens with two attached hydrogens (primary N) is 1. The third-order valence-corrected chi connectivity index (χ3v) is 3.27. The third-order valence-electron chi connectivity index (χ3n) is 3.27. The normalized spacial score (nSPS) is 14.4. The summed E-state index contributed by atoms with van der Waals surface area (Å²) in [5, 5.41) is 13.6. The van der Waals surface area contributed by atoms with Gasteiger partial charge in [-0.25, -0.2) is 0 Å². The number of nitrogens with zero attached hydrogens (tertiary/aromatic N) is 2. The Bertz CT molecular complexity index is 376. The van der Waals surface area contributed by atoms with Crippen LogP contribution in [0.25, 0.3) is 0 Å². The fourth-order valence-electron chi connectivity index (χ4n) is 1.85. The van der Waals surface area contributed by atoms with Crippen molar-refractivity contribution < 1.29 is 9.90 Å². The van der Waals surface area contributed by atoms with Crippen LogP contribution in [-0.2, 0) is 11.2 Å². The number of carbonyl (C=O) groups is 1. The monoisotopic (exact) mass is 253 g/mol. The van der Waals surface area contributed by atoms with Gasteiger partial charge in [-0.3, -0.25) is 9.48 Å². The van der Waals surface area contributed by atoms with E-state index in [0.717, 1.165) is 18.5 Å². The summed E-state index contributed by atoms with van der Waals surface area (Å²) in [7, 11) is 0. The summed E-state index contributed by atoms with van der Waals surface area (Å²) >= 11 is 0. The molecule has 2 unspecified atom stereocenters. The van der Waals surface area contributed by atoms with Crippen LogP contribution in [0.15, 0.2) is 12.3 Å². The first-order valence-corrected chi connectivity index (χ1v) is 6.55. The van der Waals surface area contributed by atoms with Crippen molar-refractivity contribution in [1.82, 2.24) is 9.78 Å². The van der Waals surface area contributed by atoms with Crippen LogP contribution in [0, 0.1) is 5.92 Å². The molecule has 1 aromatic heterocycles. The summed E-state index contributed by atoms with van der Waals surface area (Å²) in [6, 6.07) is 2.26. The number of aromatic nitrogens is 2. The summed E-state index contributed by atoms with van der Waals surface area (Å²) < 4.78 is 1.90. The quantitative estimate of drug-likeness (QED) is 0.740. The van der Waals surface area contributed by atoms with E-state index in [4.69, 9.17) is 10.8 Å². The van der Waals surface area contributed by atoms with Crippen molar-refractivity contribution in [3.63, 3.8) is 0 Å². The second-order valence-electron chi connectivity index (χ2n) is 4.71. The molecular formula is C13H23N3O2. The third kappa shape index (κ3) is 4.14. The second-order valence-corrected chi connectivity index (χ2v) is 4.71. The van der Waals surface area contributed by atoms with Gasteiger partial charge in [-0.1, -0.05) is 6.92 Å². The van der Waals surface area contributed by atoms with Gasteiger partial charge >= 0.3 is 5.97 Å². The molecule has 1 rings (SSSR count). The van der Waals surface area contributed by atoms with E-state index in [1.807, 2.05) is 16.9 Å². The van der Waals surface area contributed by atoms with Crippen LogP contribution in [0.3, 0.4) is 0 Å². The van der Waals surface area contributed by atoms with Crippen molar-refractivity contribution in [2.75, 3.05) is 6.54 Å². The van der Waals surface area contributed by atoms with E-state index in [1.165, 1.54) is 0 Å². The largest absolute Gasteiger partial charge is 0.481 e. The van der Waals surface area contributed by atoms with E-state index in [9.17, 15) is 4.79 Å². The molecular weight excluding hydrogens is 230 g/mol. The molecule has 0 amide bonds.